The van der Waals surface area contributed by atoms with Crippen LogP contribution in [-0.4, -0.2) is 29.2 Å². The van der Waals surface area contributed by atoms with E-state index in [9.17, 15) is 13.2 Å². The zero-order valence-corrected chi connectivity index (χ0v) is 23.0. The highest BCUT2D eigenvalue weighted by Gasteiger charge is 2.35. The number of ether oxygens (including phenoxy) is 2. The number of benzene rings is 2. The molecule has 38 heavy (non-hydrogen) atoms. The molecule has 0 fully saturated rings. The fourth-order valence-corrected chi connectivity index (χ4v) is 4.58. The van der Waals surface area contributed by atoms with Gasteiger partial charge in [0, 0.05) is 30.1 Å². The highest BCUT2D eigenvalue weighted by Crippen LogP contribution is 2.32. The molecule has 0 bridgehead atoms. The van der Waals surface area contributed by atoms with Crippen LogP contribution in [0.3, 0.4) is 0 Å². The van der Waals surface area contributed by atoms with Gasteiger partial charge in [0.2, 0.25) is 0 Å². The zero-order chi connectivity index (χ0) is 27.3. The maximum absolute atomic E-state index is 13.4. The summed E-state index contributed by atoms with van der Waals surface area (Å²) in [6.45, 7) is 9.60. The summed E-state index contributed by atoms with van der Waals surface area (Å²) in [7, 11) is -1.31. The molecule has 4 rings (SSSR count). The Bertz CT molecular complexity index is 1350. The lowest BCUT2D eigenvalue weighted by atomic mass is 10.1. The molecule has 2 heterocycles. The SMILES string of the molecule is Cc1cc(-c2ccc(-c3nc(C(F)(F)F)cn3COCC[Si-](C)(C)C)cn2)ccc1OCc1ccccc1. The Balaban J connectivity index is 1.50. The van der Waals surface area contributed by atoms with Crippen LogP contribution in [0.2, 0.25) is 25.7 Å². The van der Waals surface area contributed by atoms with Crippen molar-refractivity contribution in [3.05, 3.63) is 89.9 Å². The lowest BCUT2D eigenvalue weighted by Gasteiger charge is -2.26. The minimum atomic E-state index is -4.55. The molecule has 201 valence electrons. The molecule has 2 aromatic carbocycles. The number of hydrogen-bond donors (Lipinski definition) is 0. The Morgan fingerprint density at radius 1 is 0.947 bits per heavy atom. The van der Waals surface area contributed by atoms with Gasteiger partial charge in [0.15, 0.2) is 5.69 Å². The van der Waals surface area contributed by atoms with Gasteiger partial charge in [-0.05, 0) is 48.4 Å². The van der Waals surface area contributed by atoms with Gasteiger partial charge in [0.1, 0.15) is 24.9 Å². The van der Waals surface area contributed by atoms with E-state index in [2.05, 4.69) is 29.6 Å². The molecule has 0 aliphatic carbocycles. The normalized spacial score (nSPS) is 12.1. The van der Waals surface area contributed by atoms with Crippen LogP contribution in [0.25, 0.3) is 22.6 Å². The van der Waals surface area contributed by atoms with Crippen molar-refractivity contribution in [1.82, 2.24) is 14.5 Å². The fraction of sp³-hybridized carbons (Fsp3) is 0.310. The molecule has 0 unspecified atom stereocenters. The molecule has 0 aliphatic heterocycles. The Morgan fingerprint density at radius 2 is 1.68 bits per heavy atom. The van der Waals surface area contributed by atoms with Gasteiger partial charge >= 0.3 is 6.18 Å². The number of alkyl halides is 3. The molecule has 0 N–H and O–H groups in total. The van der Waals surface area contributed by atoms with Crippen molar-refractivity contribution in [2.45, 2.75) is 52.1 Å². The molecular weight excluding hydrogens is 507 g/mol. The smallest absolute Gasteiger partial charge is 0.434 e. The first-order valence-electron chi connectivity index (χ1n) is 12.5. The van der Waals surface area contributed by atoms with E-state index in [0.29, 0.717) is 24.5 Å². The molecule has 2 aromatic heterocycles. The van der Waals surface area contributed by atoms with Crippen molar-refractivity contribution in [2.24, 2.45) is 0 Å². The quantitative estimate of drug-likeness (QED) is 0.152. The summed E-state index contributed by atoms with van der Waals surface area (Å²) < 4.78 is 53.3. The van der Waals surface area contributed by atoms with Gasteiger partial charge in [-0.15, -0.1) is 14.1 Å². The molecule has 0 saturated carbocycles. The Morgan fingerprint density at radius 3 is 2.32 bits per heavy atom. The minimum Gasteiger partial charge on any atom is -0.489 e. The third-order valence-corrected chi connectivity index (χ3v) is 7.73. The number of aromatic nitrogens is 3. The van der Waals surface area contributed by atoms with E-state index in [1.165, 1.54) is 4.57 Å². The number of aryl methyl sites for hydroxylation is 1. The molecule has 0 atom stereocenters. The third kappa shape index (κ3) is 7.32. The lowest BCUT2D eigenvalue weighted by molar-refractivity contribution is -0.141. The van der Waals surface area contributed by atoms with Crippen LogP contribution in [0.4, 0.5) is 13.2 Å². The van der Waals surface area contributed by atoms with Crippen molar-refractivity contribution in [1.29, 1.82) is 0 Å². The predicted molar refractivity (Wildman–Crippen MR) is 146 cm³/mol. The van der Waals surface area contributed by atoms with E-state index >= 15 is 0 Å². The van der Waals surface area contributed by atoms with Crippen molar-refractivity contribution in [3.8, 4) is 28.4 Å². The first-order chi connectivity index (χ1) is 18.0. The van der Waals surface area contributed by atoms with Gasteiger partial charge in [-0.3, -0.25) is 4.98 Å². The molecule has 0 saturated heterocycles. The van der Waals surface area contributed by atoms with Gasteiger partial charge in [0.25, 0.3) is 0 Å². The molecule has 0 radical (unpaired) electrons. The molecule has 9 heteroatoms. The largest absolute Gasteiger partial charge is 0.489 e. The van der Waals surface area contributed by atoms with Crippen molar-refractivity contribution >= 4 is 8.07 Å². The summed E-state index contributed by atoms with van der Waals surface area (Å²) in [4.78, 5) is 8.38. The van der Waals surface area contributed by atoms with Gasteiger partial charge in [-0.25, -0.2) is 4.98 Å². The zero-order valence-electron chi connectivity index (χ0n) is 22.0. The maximum atomic E-state index is 13.4. The molecule has 5 nitrogen and oxygen atoms in total. The predicted octanol–water partition coefficient (Wildman–Crippen LogP) is 7.83. The number of rotatable bonds is 10. The van der Waals surface area contributed by atoms with Crippen molar-refractivity contribution in [2.75, 3.05) is 6.61 Å². The molecular formula is C29H32F3N3O2Si-. The summed E-state index contributed by atoms with van der Waals surface area (Å²) >= 11 is 0. The summed E-state index contributed by atoms with van der Waals surface area (Å²) in [6, 6.07) is 20.2. The highest BCUT2D eigenvalue weighted by molar-refractivity contribution is 6.76. The fourth-order valence-electron chi connectivity index (χ4n) is 3.83. The van der Waals surface area contributed by atoms with E-state index in [1.807, 2.05) is 55.5 Å². The Hall–Kier alpha value is -3.43. The van der Waals surface area contributed by atoms with E-state index in [1.54, 1.807) is 18.3 Å². The molecule has 4 aromatic rings. The van der Waals surface area contributed by atoms with E-state index in [4.69, 9.17) is 9.47 Å². The second kappa shape index (κ2) is 11.5. The van der Waals surface area contributed by atoms with Gasteiger partial charge in [-0.1, -0.05) is 30.3 Å². The van der Waals surface area contributed by atoms with Crippen LogP contribution in [0.1, 0.15) is 16.8 Å². The summed E-state index contributed by atoms with van der Waals surface area (Å²) in [5, 5.41) is 0. The molecule has 0 spiro atoms. The third-order valence-electron chi connectivity index (χ3n) is 6.02. The first-order valence-corrected chi connectivity index (χ1v) is 16.2. The number of imidazole rings is 1. The average molecular weight is 540 g/mol. The van der Waals surface area contributed by atoms with Crippen molar-refractivity contribution in [3.63, 3.8) is 0 Å². The summed E-state index contributed by atoms with van der Waals surface area (Å²) in [5.74, 6) is 0.954. The van der Waals surface area contributed by atoms with Gasteiger partial charge < -0.3 is 14.0 Å². The van der Waals surface area contributed by atoms with Gasteiger partial charge in [0.05, 0.1) is 5.69 Å². The molecule has 0 amide bonds. The van der Waals surface area contributed by atoms with Crippen LogP contribution in [0.15, 0.2) is 73.1 Å². The maximum Gasteiger partial charge on any atom is 0.434 e. The van der Waals surface area contributed by atoms with E-state index in [-0.39, 0.29) is 12.6 Å². The summed E-state index contributed by atoms with van der Waals surface area (Å²) in [6.07, 6.45) is -2.01. The van der Waals surface area contributed by atoms with E-state index in [0.717, 1.165) is 34.7 Å². The van der Waals surface area contributed by atoms with Crippen LogP contribution >= 0.6 is 0 Å². The van der Waals surface area contributed by atoms with Crippen LogP contribution < -0.4 is 4.74 Å². The van der Waals surface area contributed by atoms with Crippen LogP contribution in [0.5, 0.6) is 5.75 Å². The van der Waals surface area contributed by atoms with E-state index < -0.39 is 19.9 Å². The standard InChI is InChI=1S/C29H32F3N3O2Si/c1-21-16-23(11-13-26(21)37-19-22-8-6-5-7-9-22)25-12-10-24(17-33-25)28-34-27(29(30,31)32)18-35(28)20-36-14-15-38(2,3)4/h5-13,16-18H,14-15,19-20H2,1-4H3/q-1. The van der Waals surface area contributed by atoms with Crippen molar-refractivity contribution < 1.29 is 22.6 Å². The number of nitrogens with zero attached hydrogens (tertiary/aromatic N) is 3. The molecule has 0 aliphatic rings. The second-order valence-corrected chi connectivity index (χ2v) is 16.1. The Labute approximate surface area is 222 Å². The lowest BCUT2D eigenvalue weighted by Crippen LogP contribution is -2.22. The average Bonchev–Trinajstić information content (AvgIpc) is 3.31. The second-order valence-electron chi connectivity index (χ2n) is 10.5. The topological polar surface area (TPSA) is 49.2 Å². The first kappa shape index (κ1) is 27.6. The summed E-state index contributed by atoms with van der Waals surface area (Å²) in [5.41, 5.74) is 3.17. The number of pyridine rings is 1. The monoisotopic (exact) mass is 539 g/mol. The Kier molecular flexibility index (Phi) is 8.37. The number of halogens is 3. The number of hydrogen-bond acceptors (Lipinski definition) is 4. The van der Waals surface area contributed by atoms with Crippen LogP contribution in [-0.2, 0) is 24.3 Å². The highest BCUT2D eigenvalue weighted by atomic mass is 28.3. The van der Waals surface area contributed by atoms with Gasteiger partial charge in [-0.2, -0.15) is 32.8 Å². The minimum absolute atomic E-state index is 0.00567. The van der Waals surface area contributed by atoms with Crippen LogP contribution in [0, 0.1) is 6.92 Å².